The normalized spacial score (nSPS) is 15.2. The molecule has 1 aromatic rings. The van der Waals surface area contributed by atoms with E-state index in [0.717, 1.165) is 6.92 Å². The van der Waals surface area contributed by atoms with Crippen molar-refractivity contribution in [3.05, 3.63) is 29.3 Å². The van der Waals surface area contributed by atoms with Crippen LogP contribution in [0.25, 0.3) is 0 Å². The second kappa shape index (κ2) is 4.80. The first-order valence-corrected chi connectivity index (χ1v) is 5.22. The number of hydrogen-bond acceptors (Lipinski definition) is 2. The molecule has 20 heavy (non-hydrogen) atoms. The van der Waals surface area contributed by atoms with Crippen LogP contribution in [0.2, 0.25) is 0 Å². The highest BCUT2D eigenvalue weighted by atomic mass is 19.4. The second-order valence-electron chi connectivity index (χ2n) is 4.17. The van der Waals surface area contributed by atoms with Gasteiger partial charge < -0.3 is 10.8 Å². The fourth-order valence-electron chi connectivity index (χ4n) is 1.64. The molecule has 1 unspecified atom stereocenters. The number of halogens is 7. The zero-order valence-corrected chi connectivity index (χ0v) is 9.98. The number of aliphatic hydroxyl groups is 1. The monoisotopic (exact) mass is 305 g/mol. The van der Waals surface area contributed by atoms with Gasteiger partial charge in [-0.25, -0.2) is 4.39 Å². The third-order valence-corrected chi connectivity index (χ3v) is 2.72. The summed E-state index contributed by atoms with van der Waals surface area (Å²) in [5.41, 5.74) is -2.56. The minimum absolute atomic E-state index is 0.240. The largest absolute Gasteiger partial charge is 0.435 e. The molecule has 0 aliphatic carbocycles. The summed E-state index contributed by atoms with van der Waals surface area (Å²) in [5.74, 6) is 0. The van der Waals surface area contributed by atoms with Crippen molar-refractivity contribution in [3.63, 3.8) is 0 Å². The van der Waals surface area contributed by atoms with Crippen molar-refractivity contribution in [2.24, 2.45) is 0 Å². The molecule has 2 nitrogen and oxygen atoms in total. The molecule has 9 heteroatoms. The summed E-state index contributed by atoms with van der Waals surface area (Å²) >= 11 is 0. The Morgan fingerprint density at radius 3 is 1.80 bits per heavy atom. The molecule has 1 atom stereocenters. The van der Waals surface area contributed by atoms with Gasteiger partial charge in [-0.15, -0.1) is 0 Å². The van der Waals surface area contributed by atoms with E-state index in [0.29, 0.717) is 12.1 Å². The predicted molar refractivity (Wildman–Crippen MR) is 56.4 cm³/mol. The number of hydrogen-bond donors (Lipinski definition) is 2. The minimum atomic E-state index is -6.20. The molecule has 0 amide bonds. The molecule has 0 aliphatic heterocycles. The highest BCUT2D eigenvalue weighted by molar-refractivity contribution is 5.51. The van der Waals surface area contributed by atoms with Crippen molar-refractivity contribution in [2.75, 3.05) is 5.73 Å². The average molecular weight is 305 g/mol. The molecule has 114 valence electrons. The van der Waals surface area contributed by atoms with Crippen LogP contribution < -0.4 is 5.73 Å². The van der Waals surface area contributed by atoms with Crippen molar-refractivity contribution >= 4 is 5.69 Å². The van der Waals surface area contributed by atoms with Gasteiger partial charge in [0.2, 0.25) is 0 Å². The third-order valence-electron chi connectivity index (χ3n) is 2.72. The Labute approximate surface area is 109 Å². The van der Waals surface area contributed by atoms with Crippen LogP contribution in [0, 0.1) is 0 Å². The number of nitrogens with two attached hydrogens (primary N) is 1. The van der Waals surface area contributed by atoms with E-state index in [1.807, 2.05) is 0 Å². The highest BCUT2D eigenvalue weighted by Crippen LogP contribution is 2.53. The Morgan fingerprint density at radius 2 is 1.45 bits per heavy atom. The van der Waals surface area contributed by atoms with Crippen LogP contribution in [-0.4, -0.2) is 17.5 Å². The lowest BCUT2D eigenvalue weighted by molar-refractivity contribution is -0.348. The van der Waals surface area contributed by atoms with Gasteiger partial charge in [0.05, 0.1) is 6.10 Å². The highest BCUT2D eigenvalue weighted by Gasteiger charge is 2.73. The summed E-state index contributed by atoms with van der Waals surface area (Å²) < 4.78 is 88.9. The molecule has 0 spiro atoms. The van der Waals surface area contributed by atoms with Gasteiger partial charge in [0.15, 0.2) is 0 Å². The SMILES string of the molecule is CC(O)c1cc(C(F)(C(F)(F)F)C(F)(F)F)ccc1N. The summed E-state index contributed by atoms with van der Waals surface area (Å²) in [6.07, 6.45) is -13.8. The molecule has 0 saturated heterocycles. The van der Waals surface area contributed by atoms with Crippen LogP contribution >= 0.6 is 0 Å². The molecule has 3 N–H and O–H groups in total. The number of aliphatic hydroxyl groups excluding tert-OH is 1. The fraction of sp³-hybridized carbons (Fsp3) is 0.455. The Hall–Kier alpha value is -1.51. The lowest BCUT2D eigenvalue weighted by Crippen LogP contribution is -2.50. The maximum absolute atomic E-state index is 13.7. The van der Waals surface area contributed by atoms with Crippen molar-refractivity contribution in [2.45, 2.75) is 31.0 Å². The van der Waals surface area contributed by atoms with Crippen LogP contribution in [0.4, 0.5) is 36.4 Å². The van der Waals surface area contributed by atoms with Crippen LogP contribution in [0.1, 0.15) is 24.2 Å². The van der Waals surface area contributed by atoms with E-state index in [1.54, 1.807) is 0 Å². The quantitative estimate of drug-likeness (QED) is 0.647. The zero-order valence-electron chi connectivity index (χ0n) is 9.98. The number of anilines is 1. The van der Waals surface area contributed by atoms with Gasteiger partial charge in [-0.3, -0.25) is 0 Å². The van der Waals surface area contributed by atoms with Gasteiger partial charge in [-0.05, 0) is 19.1 Å². The maximum atomic E-state index is 13.7. The molecule has 0 heterocycles. The standard InChI is InChI=1S/C11H10F7NO/c1-5(20)7-4-6(2-3-8(7)19)9(12,10(13,14)15)11(16,17)18/h2-5,20H,19H2,1H3. The van der Waals surface area contributed by atoms with Crippen LogP contribution in [-0.2, 0) is 5.67 Å². The fourth-order valence-corrected chi connectivity index (χ4v) is 1.64. The number of rotatable bonds is 2. The summed E-state index contributed by atoms with van der Waals surface area (Å²) in [6.45, 7) is 1.08. The van der Waals surface area contributed by atoms with E-state index >= 15 is 0 Å². The molecule has 0 aromatic heterocycles. The third kappa shape index (κ3) is 2.54. The molecule has 0 radical (unpaired) electrons. The first kappa shape index (κ1) is 16.5. The smallest absolute Gasteiger partial charge is 0.398 e. The summed E-state index contributed by atoms with van der Waals surface area (Å²) in [5, 5.41) is 9.24. The Bertz CT molecular complexity index is 479. The molecule has 0 bridgehead atoms. The van der Waals surface area contributed by atoms with E-state index < -0.39 is 35.3 Å². The Kier molecular flexibility index (Phi) is 3.97. The second-order valence-corrected chi connectivity index (χ2v) is 4.17. The maximum Gasteiger partial charge on any atom is 0.435 e. The molecule has 0 saturated carbocycles. The van der Waals surface area contributed by atoms with Gasteiger partial charge in [0.25, 0.3) is 0 Å². The molecule has 0 aliphatic rings. The lowest BCUT2D eigenvalue weighted by atomic mass is 9.91. The van der Waals surface area contributed by atoms with Crippen LogP contribution in [0.5, 0.6) is 0 Å². The Morgan fingerprint density at radius 1 is 1.00 bits per heavy atom. The van der Waals surface area contributed by atoms with E-state index in [-0.39, 0.29) is 11.8 Å². The van der Waals surface area contributed by atoms with Crippen molar-refractivity contribution in [3.8, 4) is 0 Å². The van der Waals surface area contributed by atoms with Gasteiger partial charge in [0.1, 0.15) is 0 Å². The zero-order chi connectivity index (χ0) is 15.9. The van der Waals surface area contributed by atoms with E-state index in [9.17, 15) is 35.8 Å². The van der Waals surface area contributed by atoms with Gasteiger partial charge in [0, 0.05) is 16.8 Å². The number of benzene rings is 1. The van der Waals surface area contributed by atoms with Crippen molar-refractivity contribution in [1.82, 2.24) is 0 Å². The molecule has 1 rings (SSSR count). The first-order chi connectivity index (χ1) is 8.82. The van der Waals surface area contributed by atoms with Crippen molar-refractivity contribution < 1.29 is 35.8 Å². The van der Waals surface area contributed by atoms with E-state index in [4.69, 9.17) is 5.73 Å². The van der Waals surface area contributed by atoms with Crippen LogP contribution in [0.3, 0.4) is 0 Å². The van der Waals surface area contributed by atoms with Gasteiger partial charge in [-0.2, -0.15) is 26.3 Å². The first-order valence-electron chi connectivity index (χ1n) is 5.22. The van der Waals surface area contributed by atoms with Crippen molar-refractivity contribution in [1.29, 1.82) is 0 Å². The molecule has 0 fully saturated rings. The molecular weight excluding hydrogens is 295 g/mol. The topological polar surface area (TPSA) is 46.2 Å². The van der Waals surface area contributed by atoms with Gasteiger partial charge >= 0.3 is 18.0 Å². The lowest BCUT2D eigenvalue weighted by Gasteiger charge is -2.30. The minimum Gasteiger partial charge on any atom is -0.398 e. The number of alkyl halides is 7. The number of nitrogen functional groups attached to an aromatic ring is 1. The van der Waals surface area contributed by atoms with E-state index in [2.05, 4.69) is 0 Å². The summed E-state index contributed by atoms with van der Waals surface area (Å²) in [7, 11) is 0. The predicted octanol–water partition coefficient (Wildman–Crippen LogP) is 3.61. The molecular formula is C11H10F7NO. The molecule has 1 aromatic carbocycles. The average Bonchev–Trinajstić information content (AvgIpc) is 2.25. The van der Waals surface area contributed by atoms with Crippen LogP contribution in [0.15, 0.2) is 18.2 Å². The summed E-state index contributed by atoms with van der Waals surface area (Å²) in [4.78, 5) is 0. The summed E-state index contributed by atoms with van der Waals surface area (Å²) in [6, 6.07) is 1.24. The van der Waals surface area contributed by atoms with E-state index in [1.165, 1.54) is 0 Å². The Balaban J connectivity index is 3.57. The van der Waals surface area contributed by atoms with Gasteiger partial charge in [-0.1, -0.05) is 6.07 Å².